The number of Topliss-reactive ketones (excluding diaryl/α,β-unsaturated/α-hetero) is 2. The molecule has 0 unspecified atom stereocenters. The van der Waals surface area contributed by atoms with Crippen molar-refractivity contribution in [3.63, 3.8) is 0 Å². The van der Waals surface area contributed by atoms with Crippen molar-refractivity contribution in [2.75, 3.05) is 0 Å². The maximum atomic E-state index is 15.5. The van der Waals surface area contributed by atoms with Crippen molar-refractivity contribution in [3.05, 3.63) is 313 Å². The number of rotatable bonds is 13. The van der Waals surface area contributed by atoms with Crippen molar-refractivity contribution in [2.24, 2.45) is 0 Å². The van der Waals surface area contributed by atoms with Gasteiger partial charge in [0.25, 0.3) is 0 Å². The second-order valence-corrected chi connectivity index (χ2v) is 23.3. The van der Waals surface area contributed by atoms with E-state index in [0.29, 0.717) is 11.1 Å². The first-order chi connectivity index (χ1) is 33.6. The zero-order valence-corrected chi connectivity index (χ0v) is 39.2. The third kappa shape index (κ3) is 8.20. The van der Waals surface area contributed by atoms with Crippen LogP contribution in [0.2, 0.25) is 0 Å². The van der Waals surface area contributed by atoms with Gasteiger partial charge < -0.3 is 0 Å². The van der Waals surface area contributed by atoms with Crippen LogP contribution in [0.1, 0.15) is 31.8 Å². The Hall–Kier alpha value is -7.86. The Morgan fingerprint density at radius 2 is 0.397 bits per heavy atom. The SMILES string of the molecule is O=C(C(c1ccc(-c2ccc(C(C(=O)c3ccccc3)=P(c3ccccc3)(c3ccccc3)c3ccccc3)cc2)cc1)=P(c1ccccc1)(c1ccccc1)c1ccccc1)c1ccccc1. The van der Waals surface area contributed by atoms with Gasteiger partial charge in [-0.25, -0.2) is 0 Å². The lowest BCUT2D eigenvalue weighted by Gasteiger charge is -2.33. The average molecular weight is 911 g/mol. The summed E-state index contributed by atoms with van der Waals surface area (Å²) in [6, 6.07) is 99.7. The summed E-state index contributed by atoms with van der Waals surface area (Å²) in [4.78, 5) is 31.0. The number of ketones is 2. The van der Waals surface area contributed by atoms with Crippen molar-refractivity contribution < 1.29 is 9.59 Å². The smallest absolute Gasteiger partial charge is 0.194 e. The fourth-order valence-electron chi connectivity index (χ4n) is 9.63. The fraction of sp³-hybridized carbons (Fsp3) is 0. The Balaban J connectivity index is 1.19. The Morgan fingerprint density at radius 3 is 0.603 bits per heavy atom. The molecule has 0 aliphatic carbocycles. The van der Waals surface area contributed by atoms with Crippen molar-refractivity contribution in [1.82, 2.24) is 0 Å². The number of carbonyl (C=O) groups is 2. The third-order valence-corrected chi connectivity index (χ3v) is 21.4. The van der Waals surface area contributed by atoms with Crippen LogP contribution in [-0.4, -0.2) is 22.2 Å². The third-order valence-electron chi connectivity index (χ3n) is 12.7. The Kier molecular flexibility index (Phi) is 12.9. The summed E-state index contributed by atoms with van der Waals surface area (Å²) < 4.78 is 0. The predicted molar refractivity (Wildman–Crippen MR) is 292 cm³/mol. The van der Waals surface area contributed by atoms with Crippen LogP contribution in [-0.2, 0) is 0 Å². The molecule has 68 heavy (non-hydrogen) atoms. The quantitative estimate of drug-likeness (QED) is 0.0853. The Labute approximate surface area is 399 Å². The van der Waals surface area contributed by atoms with Crippen LogP contribution in [0.3, 0.4) is 0 Å². The summed E-state index contributed by atoms with van der Waals surface area (Å²) in [5.41, 5.74) is 5.04. The van der Waals surface area contributed by atoms with Crippen LogP contribution in [0.25, 0.3) is 11.1 Å². The van der Waals surface area contributed by atoms with Gasteiger partial charge in [-0.05, 0) is 67.9 Å². The summed E-state index contributed by atoms with van der Waals surface area (Å²) in [7, 11) is 0. The van der Waals surface area contributed by atoms with Crippen LogP contribution in [0.15, 0.2) is 291 Å². The average Bonchev–Trinajstić information content (AvgIpc) is 3.43. The van der Waals surface area contributed by atoms with E-state index in [0.717, 1.165) is 64.7 Å². The van der Waals surface area contributed by atoms with Crippen molar-refractivity contribution in [1.29, 1.82) is 0 Å². The second kappa shape index (κ2) is 19.9. The van der Waals surface area contributed by atoms with Gasteiger partial charge in [-0.15, -0.1) is 0 Å². The Bertz CT molecular complexity index is 2970. The van der Waals surface area contributed by atoms with Crippen LogP contribution in [0.4, 0.5) is 0 Å². The van der Waals surface area contributed by atoms with Gasteiger partial charge in [0, 0.05) is 21.7 Å². The summed E-state index contributed by atoms with van der Waals surface area (Å²) in [6.07, 6.45) is 0. The van der Waals surface area contributed by atoms with Gasteiger partial charge in [-0.2, -0.15) is 0 Å². The van der Waals surface area contributed by atoms with Crippen LogP contribution in [0.5, 0.6) is 0 Å². The molecule has 0 atom stereocenters. The van der Waals surface area contributed by atoms with E-state index in [1.807, 2.05) is 97.1 Å². The molecule has 0 N–H and O–H groups in total. The number of hydrogen-bond acceptors (Lipinski definition) is 2. The van der Waals surface area contributed by atoms with Crippen LogP contribution in [0, 0.1) is 0 Å². The molecule has 10 aromatic carbocycles. The van der Waals surface area contributed by atoms with Crippen molar-refractivity contribution >= 4 is 67.8 Å². The summed E-state index contributed by atoms with van der Waals surface area (Å²) in [6.45, 7) is -5.61. The highest BCUT2D eigenvalue weighted by atomic mass is 31.2. The predicted octanol–water partition coefficient (Wildman–Crippen LogP) is 12.1. The van der Waals surface area contributed by atoms with E-state index in [9.17, 15) is 0 Å². The lowest BCUT2D eigenvalue weighted by molar-refractivity contribution is 0.106. The maximum Gasteiger partial charge on any atom is 0.194 e. The minimum absolute atomic E-state index is 0.000750. The molecule has 0 saturated carbocycles. The van der Waals surface area contributed by atoms with E-state index in [2.05, 4.69) is 194 Å². The fourth-order valence-corrected chi connectivity index (χ4v) is 18.6. The van der Waals surface area contributed by atoms with E-state index in [4.69, 9.17) is 0 Å². The first-order valence-corrected chi connectivity index (χ1v) is 26.5. The molecule has 10 rings (SSSR count). The zero-order valence-electron chi connectivity index (χ0n) is 37.4. The molecule has 0 saturated heterocycles. The molecule has 0 spiro atoms. The van der Waals surface area contributed by atoms with E-state index in [1.165, 1.54) is 0 Å². The van der Waals surface area contributed by atoms with E-state index in [1.54, 1.807) is 0 Å². The molecule has 0 aliphatic heterocycles. The highest BCUT2D eigenvalue weighted by molar-refractivity contribution is 7.97. The highest BCUT2D eigenvalue weighted by Crippen LogP contribution is 2.50. The van der Waals surface area contributed by atoms with E-state index < -0.39 is 13.8 Å². The molecular formula is C64H48O2P2. The van der Waals surface area contributed by atoms with Gasteiger partial charge in [-0.3, -0.25) is 9.59 Å². The number of hydrogen-bond donors (Lipinski definition) is 0. The molecule has 4 heteroatoms. The molecule has 10 aromatic rings. The zero-order chi connectivity index (χ0) is 46.2. The minimum atomic E-state index is -2.80. The van der Waals surface area contributed by atoms with Gasteiger partial charge in [0.05, 0.1) is 0 Å². The second-order valence-electron chi connectivity index (χ2n) is 16.6. The standard InChI is InChI=1S/C64H48O2P2/c65-61(51-25-9-1-10-26-51)63(67(55-29-13-3-14-30-55,56-31-15-4-16-32-56)57-33-17-5-18-34-57)53-45-41-49(42-46-53)50-43-47-54(48-44-50)64(62(66)52-27-11-2-12-28-52)68(58-35-19-6-20-36-58,59-37-21-7-22-38-59)60-39-23-8-24-40-60/h1-48H. The van der Waals surface area contributed by atoms with Gasteiger partial charge in [0.15, 0.2) is 11.6 Å². The molecule has 2 nitrogen and oxygen atoms in total. The molecular weight excluding hydrogens is 863 g/mol. The first kappa shape index (κ1) is 44.0. The van der Waals surface area contributed by atoms with Gasteiger partial charge >= 0.3 is 0 Å². The molecule has 0 heterocycles. The minimum Gasteiger partial charge on any atom is -0.289 e. The number of benzene rings is 10. The largest absolute Gasteiger partial charge is 0.289 e. The summed E-state index contributed by atoms with van der Waals surface area (Å²) in [5, 5.41) is 8.18. The van der Waals surface area contributed by atoms with Crippen molar-refractivity contribution in [2.45, 2.75) is 0 Å². The van der Waals surface area contributed by atoms with E-state index in [-0.39, 0.29) is 11.6 Å². The van der Waals surface area contributed by atoms with E-state index >= 15 is 9.59 Å². The molecule has 0 bridgehead atoms. The van der Waals surface area contributed by atoms with Crippen LogP contribution < -0.4 is 31.8 Å². The Morgan fingerprint density at radius 1 is 0.206 bits per heavy atom. The molecule has 0 aromatic heterocycles. The monoisotopic (exact) mass is 910 g/mol. The summed E-state index contributed by atoms with van der Waals surface area (Å²) in [5.74, 6) is 0.00150. The van der Waals surface area contributed by atoms with Gasteiger partial charge in [0.1, 0.15) is 0 Å². The lowest BCUT2D eigenvalue weighted by Crippen LogP contribution is -2.34. The molecule has 0 fully saturated rings. The first-order valence-electron chi connectivity index (χ1n) is 22.9. The van der Waals surface area contributed by atoms with Gasteiger partial charge in [-0.1, -0.05) is 291 Å². The summed E-state index contributed by atoms with van der Waals surface area (Å²) >= 11 is 0. The lowest BCUT2D eigenvalue weighted by atomic mass is 9.97. The van der Waals surface area contributed by atoms with Gasteiger partial charge in [0.2, 0.25) is 0 Å². The normalized spacial score (nSPS) is 11.4. The molecule has 0 aliphatic rings. The van der Waals surface area contributed by atoms with Crippen LogP contribution >= 0.6 is 13.8 Å². The molecule has 0 radical (unpaired) electrons. The highest BCUT2D eigenvalue weighted by Gasteiger charge is 2.36. The molecule has 0 amide bonds. The maximum absolute atomic E-state index is 15.5. The topological polar surface area (TPSA) is 34.1 Å². The van der Waals surface area contributed by atoms with Crippen molar-refractivity contribution in [3.8, 4) is 11.1 Å². The molecule has 326 valence electrons. The number of carbonyl (C=O) groups excluding carboxylic acids is 2.